The van der Waals surface area contributed by atoms with E-state index in [1.54, 1.807) is 18.2 Å². The largest absolute Gasteiger partial charge is 0.507 e. The zero-order chi connectivity index (χ0) is 13.8. The van der Waals surface area contributed by atoms with Crippen molar-refractivity contribution in [3.8, 4) is 5.75 Å². The minimum Gasteiger partial charge on any atom is -0.507 e. The number of furan rings is 1. The van der Waals surface area contributed by atoms with Crippen molar-refractivity contribution in [2.75, 3.05) is 6.54 Å². The summed E-state index contributed by atoms with van der Waals surface area (Å²) in [6, 6.07) is 8.35. The number of aromatic hydroxyl groups is 1. The Morgan fingerprint density at radius 1 is 1.42 bits per heavy atom. The number of carbonyl (C=O) groups excluding carboxylic acids is 1. The van der Waals surface area contributed by atoms with Crippen LogP contribution in [0.4, 0.5) is 0 Å². The van der Waals surface area contributed by atoms with Crippen LogP contribution in [0.15, 0.2) is 44.2 Å². The minimum absolute atomic E-state index is 0.0328. The number of ketones is 1. The van der Waals surface area contributed by atoms with Crippen LogP contribution in [0.3, 0.4) is 0 Å². The zero-order valence-electron chi connectivity index (χ0n) is 10.3. The van der Waals surface area contributed by atoms with E-state index in [4.69, 9.17) is 4.42 Å². The molecule has 1 N–H and O–H groups in total. The van der Waals surface area contributed by atoms with E-state index in [9.17, 15) is 9.90 Å². The topological polar surface area (TPSA) is 62.8 Å². The number of hydrogen-bond acceptors (Lipinski definition) is 4. The lowest BCUT2D eigenvalue weighted by Gasteiger charge is -2.01. The first-order chi connectivity index (χ1) is 9.06. The molecule has 0 radical (unpaired) electrons. The number of rotatable bonds is 4. The molecule has 0 aliphatic heterocycles. The van der Waals surface area contributed by atoms with Crippen LogP contribution in [-0.4, -0.2) is 23.6 Å². The van der Waals surface area contributed by atoms with Gasteiger partial charge < -0.3 is 9.52 Å². The van der Waals surface area contributed by atoms with Crippen molar-refractivity contribution >= 4 is 27.9 Å². The second kappa shape index (κ2) is 5.84. The van der Waals surface area contributed by atoms with Gasteiger partial charge in [-0.15, -0.1) is 0 Å². The van der Waals surface area contributed by atoms with Gasteiger partial charge in [0.25, 0.3) is 0 Å². The smallest absolute Gasteiger partial charge is 0.187 e. The molecule has 0 atom stereocenters. The highest BCUT2D eigenvalue weighted by atomic mass is 79.9. The van der Waals surface area contributed by atoms with Gasteiger partial charge >= 0.3 is 0 Å². The van der Waals surface area contributed by atoms with Crippen LogP contribution in [0.1, 0.15) is 21.9 Å². The Bertz CT molecular complexity index is 631. The molecule has 5 heteroatoms. The number of hydrogen-bond donors (Lipinski definition) is 1. The Balaban J connectivity index is 2.03. The Morgan fingerprint density at radius 3 is 2.84 bits per heavy atom. The maximum Gasteiger partial charge on any atom is 0.187 e. The fraction of sp³-hybridized carbons (Fsp3) is 0.143. The second-order valence-corrected chi connectivity index (χ2v) is 4.92. The summed E-state index contributed by atoms with van der Waals surface area (Å²) in [6.45, 7) is 1.80. The van der Waals surface area contributed by atoms with Gasteiger partial charge in [-0.05, 0) is 37.3 Å². The van der Waals surface area contributed by atoms with E-state index >= 15 is 0 Å². The average molecular weight is 322 g/mol. The molecule has 0 fully saturated rings. The summed E-state index contributed by atoms with van der Waals surface area (Å²) in [5.74, 6) is 1.09. The molecule has 1 heterocycles. The van der Waals surface area contributed by atoms with Crippen molar-refractivity contribution in [1.82, 2.24) is 0 Å². The maximum absolute atomic E-state index is 11.9. The van der Waals surface area contributed by atoms with Crippen LogP contribution in [0.5, 0.6) is 5.75 Å². The molecular weight excluding hydrogens is 310 g/mol. The van der Waals surface area contributed by atoms with Gasteiger partial charge in [-0.25, -0.2) is 0 Å². The molecule has 1 aromatic heterocycles. The van der Waals surface area contributed by atoms with Crippen molar-refractivity contribution in [3.63, 3.8) is 0 Å². The Labute approximate surface area is 118 Å². The van der Waals surface area contributed by atoms with Crippen LogP contribution in [0, 0.1) is 6.92 Å². The lowest BCUT2D eigenvalue weighted by atomic mass is 10.1. The maximum atomic E-state index is 11.9. The van der Waals surface area contributed by atoms with Gasteiger partial charge in [-0.3, -0.25) is 9.79 Å². The van der Waals surface area contributed by atoms with Crippen LogP contribution < -0.4 is 0 Å². The van der Waals surface area contributed by atoms with Crippen molar-refractivity contribution < 1.29 is 14.3 Å². The third kappa shape index (κ3) is 3.54. The minimum atomic E-state index is -0.246. The first-order valence-corrected chi connectivity index (χ1v) is 6.43. The van der Waals surface area contributed by atoms with Gasteiger partial charge in [0, 0.05) is 4.47 Å². The first-order valence-electron chi connectivity index (χ1n) is 5.64. The van der Waals surface area contributed by atoms with Gasteiger partial charge in [0.15, 0.2) is 5.78 Å². The Morgan fingerprint density at radius 2 is 2.21 bits per heavy atom. The Kier molecular flexibility index (Phi) is 4.16. The SMILES string of the molecule is Cc1ccc(C=NCC(=O)c2ccc(Br)cc2O)o1. The summed E-state index contributed by atoms with van der Waals surface area (Å²) in [7, 11) is 0. The lowest BCUT2D eigenvalue weighted by molar-refractivity contribution is 0.0999. The number of nitrogens with zero attached hydrogens (tertiary/aromatic N) is 1. The van der Waals surface area contributed by atoms with E-state index in [1.165, 1.54) is 12.3 Å². The van der Waals surface area contributed by atoms with Crippen LogP contribution in [-0.2, 0) is 0 Å². The summed E-state index contributed by atoms with van der Waals surface area (Å²) in [4.78, 5) is 15.9. The van der Waals surface area contributed by atoms with E-state index < -0.39 is 0 Å². The zero-order valence-corrected chi connectivity index (χ0v) is 11.8. The van der Waals surface area contributed by atoms with Gasteiger partial charge in [0.1, 0.15) is 23.8 Å². The molecule has 4 nitrogen and oxygen atoms in total. The number of Topliss-reactive ketones (excluding diaryl/α,β-unsaturated/α-hetero) is 1. The summed E-state index contributed by atoms with van der Waals surface area (Å²) >= 11 is 3.22. The molecule has 0 saturated heterocycles. The fourth-order valence-corrected chi connectivity index (χ4v) is 1.92. The molecule has 0 amide bonds. The number of aliphatic imine (C=N–C) groups is 1. The molecular formula is C14H12BrNO3. The quantitative estimate of drug-likeness (QED) is 0.693. The van der Waals surface area contributed by atoms with Gasteiger partial charge in [-0.1, -0.05) is 15.9 Å². The number of carbonyl (C=O) groups is 1. The number of benzene rings is 1. The normalized spacial score (nSPS) is 11.1. The van der Waals surface area contributed by atoms with Crippen LogP contribution >= 0.6 is 15.9 Å². The standard InChI is InChI=1S/C14H12BrNO3/c1-9-2-4-11(19-9)7-16-8-14(18)12-5-3-10(15)6-13(12)17/h2-7,17H,8H2,1H3. The summed E-state index contributed by atoms with van der Waals surface area (Å²) in [5, 5.41) is 9.66. The van der Waals surface area contributed by atoms with Crippen molar-refractivity contribution in [1.29, 1.82) is 0 Å². The van der Waals surface area contributed by atoms with Crippen LogP contribution in [0.25, 0.3) is 0 Å². The molecule has 2 aromatic rings. The Hall–Kier alpha value is -1.88. The predicted molar refractivity (Wildman–Crippen MR) is 76.0 cm³/mol. The highest BCUT2D eigenvalue weighted by Gasteiger charge is 2.10. The average Bonchev–Trinajstić information content (AvgIpc) is 2.75. The van der Waals surface area contributed by atoms with Gasteiger partial charge in [0.05, 0.1) is 11.8 Å². The van der Waals surface area contributed by atoms with E-state index in [2.05, 4.69) is 20.9 Å². The molecule has 0 aliphatic carbocycles. The first kappa shape index (κ1) is 13.5. The number of phenolic OH excluding ortho intramolecular Hbond substituents is 1. The summed E-state index contributed by atoms with van der Waals surface area (Å²) in [5.41, 5.74) is 0.260. The van der Waals surface area contributed by atoms with Crippen molar-refractivity contribution in [2.24, 2.45) is 4.99 Å². The number of phenols is 1. The van der Waals surface area contributed by atoms with E-state index in [1.807, 2.05) is 13.0 Å². The molecule has 2 rings (SSSR count). The molecule has 0 aliphatic rings. The van der Waals surface area contributed by atoms with Crippen molar-refractivity contribution in [2.45, 2.75) is 6.92 Å². The van der Waals surface area contributed by atoms with Gasteiger partial charge in [0.2, 0.25) is 0 Å². The molecule has 1 aromatic carbocycles. The lowest BCUT2D eigenvalue weighted by Crippen LogP contribution is -2.03. The number of halogens is 1. The van der Waals surface area contributed by atoms with E-state index in [0.29, 0.717) is 5.76 Å². The highest BCUT2D eigenvalue weighted by molar-refractivity contribution is 9.10. The summed E-state index contributed by atoms with van der Waals surface area (Å²) in [6.07, 6.45) is 1.50. The molecule has 19 heavy (non-hydrogen) atoms. The fourth-order valence-electron chi connectivity index (χ4n) is 1.57. The highest BCUT2D eigenvalue weighted by Crippen LogP contribution is 2.22. The van der Waals surface area contributed by atoms with E-state index in [-0.39, 0.29) is 23.6 Å². The summed E-state index contributed by atoms with van der Waals surface area (Å²) < 4.78 is 6.01. The second-order valence-electron chi connectivity index (χ2n) is 4.00. The predicted octanol–water partition coefficient (Wildman–Crippen LogP) is 3.36. The third-order valence-electron chi connectivity index (χ3n) is 2.47. The third-order valence-corrected chi connectivity index (χ3v) is 2.97. The monoisotopic (exact) mass is 321 g/mol. The number of aryl methyl sites for hydroxylation is 1. The molecule has 0 unspecified atom stereocenters. The van der Waals surface area contributed by atoms with Gasteiger partial charge in [-0.2, -0.15) is 0 Å². The molecule has 98 valence electrons. The van der Waals surface area contributed by atoms with Crippen LogP contribution in [0.2, 0.25) is 0 Å². The molecule has 0 spiro atoms. The van der Waals surface area contributed by atoms with Crippen molar-refractivity contribution in [3.05, 3.63) is 51.9 Å². The molecule has 0 bridgehead atoms. The van der Waals surface area contributed by atoms with E-state index in [0.717, 1.165) is 10.2 Å². The molecule has 0 saturated carbocycles.